The Morgan fingerprint density at radius 1 is 1.47 bits per heavy atom. The first-order chi connectivity index (χ1) is 7.93. The molecule has 0 saturated carbocycles. The van der Waals surface area contributed by atoms with Gasteiger partial charge in [-0.25, -0.2) is 0 Å². The van der Waals surface area contributed by atoms with Crippen LogP contribution >= 0.6 is 0 Å². The SMILES string of the molecule is [N-]=[N+]=NCC[C@@H](O)[C@@]1(O)OC[C@H](O)[C@@H](O)[C@@H]1O. The average molecular weight is 249 g/mol. The van der Waals surface area contributed by atoms with Crippen LogP contribution in [0.3, 0.4) is 0 Å². The van der Waals surface area contributed by atoms with Gasteiger partial charge in [-0.15, -0.1) is 0 Å². The molecule has 0 spiro atoms. The van der Waals surface area contributed by atoms with Gasteiger partial charge in [0.15, 0.2) is 0 Å². The normalized spacial score (nSPS) is 39.5. The fraction of sp³-hybridized carbons (Fsp3) is 1.00. The van der Waals surface area contributed by atoms with Gasteiger partial charge in [0.1, 0.15) is 24.4 Å². The summed E-state index contributed by atoms with van der Waals surface area (Å²) in [7, 11) is 0. The van der Waals surface area contributed by atoms with E-state index in [0.29, 0.717) is 0 Å². The summed E-state index contributed by atoms with van der Waals surface area (Å²) >= 11 is 0. The molecule has 1 heterocycles. The van der Waals surface area contributed by atoms with Crippen molar-refractivity contribution in [1.29, 1.82) is 0 Å². The molecule has 1 aliphatic rings. The van der Waals surface area contributed by atoms with Crippen LogP contribution < -0.4 is 0 Å². The van der Waals surface area contributed by atoms with Crippen LogP contribution in [-0.2, 0) is 4.74 Å². The first-order valence-electron chi connectivity index (χ1n) is 5.03. The zero-order valence-corrected chi connectivity index (χ0v) is 8.92. The van der Waals surface area contributed by atoms with Gasteiger partial charge in [-0.1, -0.05) is 5.11 Å². The molecule has 1 fully saturated rings. The van der Waals surface area contributed by atoms with Crippen molar-refractivity contribution in [3.63, 3.8) is 0 Å². The minimum Gasteiger partial charge on any atom is -0.388 e. The second-order valence-corrected chi connectivity index (χ2v) is 3.82. The van der Waals surface area contributed by atoms with Gasteiger partial charge < -0.3 is 30.3 Å². The molecule has 98 valence electrons. The number of azide groups is 1. The summed E-state index contributed by atoms with van der Waals surface area (Å²) in [6.45, 7) is -0.526. The predicted molar refractivity (Wildman–Crippen MR) is 53.6 cm³/mol. The van der Waals surface area contributed by atoms with E-state index in [9.17, 15) is 25.5 Å². The summed E-state index contributed by atoms with van der Waals surface area (Å²) in [5.74, 6) is -2.39. The van der Waals surface area contributed by atoms with Gasteiger partial charge in [-0.3, -0.25) is 0 Å². The van der Waals surface area contributed by atoms with Gasteiger partial charge in [-0.05, 0) is 12.0 Å². The average Bonchev–Trinajstić information content (AvgIpc) is 2.32. The highest BCUT2D eigenvalue weighted by atomic mass is 16.7. The van der Waals surface area contributed by atoms with E-state index < -0.39 is 36.8 Å². The molecule has 1 rings (SSSR count). The maximum Gasteiger partial charge on any atom is 0.221 e. The third-order valence-electron chi connectivity index (χ3n) is 2.67. The van der Waals surface area contributed by atoms with Crippen LogP contribution in [0.1, 0.15) is 6.42 Å². The molecular weight excluding hydrogens is 234 g/mol. The van der Waals surface area contributed by atoms with Crippen LogP contribution in [0.5, 0.6) is 0 Å². The minimum absolute atomic E-state index is 0.102. The molecule has 5 N–H and O–H groups in total. The number of aliphatic hydroxyl groups excluding tert-OH is 4. The third kappa shape index (κ3) is 2.85. The first kappa shape index (κ1) is 14.1. The Morgan fingerprint density at radius 2 is 2.12 bits per heavy atom. The lowest BCUT2D eigenvalue weighted by Gasteiger charge is -2.43. The van der Waals surface area contributed by atoms with Gasteiger partial charge in [0.05, 0.1) is 6.61 Å². The van der Waals surface area contributed by atoms with Crippen LogP contribution in [-0.4, -0.2) is 68.9 Å². The molecule has 9 nitrogen and oxygen atoms in total. The van der Waals surface area contributed by atoms with Crippen LogP contribution in [0.2, 0.25) is 0 Å². The molecule has 0 aromatic rings. The van der Waals surface area contributed by atoms with Crippen molar-refractivity contribution in [3.05, 3.63) is 10.4 Å². The molecule has 5 atom stereocenters. The summed E-state index contributed by atoms with van der Waals surface area (Å²) in [6.07, 6.45) is -6.52. The molecule has 9 heteroatoms. The van der Waals surface area contributed by atoms with Gasteiger partial charge in [-0.2, -0.15) is 0 Å². The zero-order chi connectivity index (χ0) is 13.1. The molecule has 0 aromatic carbocycles. The Bertz CT molecular complexity index is 310. The number of hydrogen-bond acceptors (Lipinski definition) is 7. The van der Waals surface area contributed by atoms with Crippen molar-refractivity contribution in [2.75, 3.05) is 13.2 Å². The summed E-state index contributed by atoms with van der Waals surface area (Å²) < 4.78 is 4.76. The van der Waals surface area contributed by atoms with Crippen molar-refractivity contribution < 1.29 is 30.3 Å². The summed E-state index contributed by atoms with van der Waals surface area (Å²) in [6, 6.07) is 0. The Balaban J connectivity index is 2.68. The highest BCUT2D eigenvalue weighted by Crippen LogP contribution is 2.28. The van der Waals surface area contributed by atoms with Gasteiger partial charge >= 0.3 is 0 Å². The fourth-order valence-electron chi connectivity index (χ4n) is 1.58. The number of hydrogen-bond donors (Lipinski definition) is 5. The van der Waals surface area contributed by atoms with Crippen LogP contribution in [0.4, 0.5) is 0 Å². The van der Waals surface area contributed by atoms with E-state index in [4.69, 9.17) is 10.3 Å². The fourth-order valence-corrected chi connectivity index (χ4v) is 1.58. The number of rotatable bonds is 4. The lowest BCUT2D eigenvalue weighted by atomic mass is 9.91. The maximum atomic E-state index is 9.87. The standard InChI is InChI=1S/C8H15N3O6/c9-11-10-2-1-5(13)8(16)7(15)6(14)4(12)3-17-8/h4-7,12-16H,1-3H2/t4-,5+,6+,7-,8+/m0/s1. The zero-order valence-electron chi connectivity index (χ0n) is 8.92. The highest BCUT2D eigenvalue weighted by Gasteiger charge is 2.52. The van der Waals surface area contributed by atoms with E-state index in [1.165, 1.54) is 0 Å². The minimum atomic E-state index is -2.39. The Labute approximate surface area is 96.5 Å². The Hall–Kier alpha value is -0.930. The van der Waals surface area contributed by atoms with Crippen molar-refractivity contribution in [2.45, 2.75) is 36.6 Å². The second kappa shape index (κ2) is 5.61. The topological polar surface area (TPSA) is 159 Å². The maximum absolute atomic E-state index is 9.87. The smallest absolute Gasteiger partial charge is 0.221 e. The van der Waals surface area contributed by atoms with Crippen molar-refractivity contribution in [2.24, 2.45) is 5.11 Å². The van der Waals surface area contributed by atoms with Gasteiger partial charge in [0, 0.05) is 11.5 Å². The monoisotopic (exact) mass is 249 g/mol. The lowest BCUT2D eigenvalue weighted by Crippen LogP contribution is -2.65. The van der Waals surface area contributed by atoms with E-state index >= 15 is 0 Å². The second-order valence-electron chi connectivity index (χ2n) is 3.82. The first-order valence-corrected chi connectivity index (χ1v) is 5.03. The molecule has 1 saturated heterocycles. The quantitative estimate of drug-likeness (QED) is 0.217. The van der Waals surface area contributed by atoms with E-state index in [1.54, 1.807) is 0 Å². The predicted octanol–water partition coefficient (Wildman–Crippen LogP) is -2.15. The Morgan fingerprint density at radius 3 is 2.71 bits per heavy atom. The van der Waals surface area contributed by atoms with Gasteiger partial charge in [0.25, 0.3) is 0 Å². The lowest BCUT2D eigenvalue weighted by molar-refractivity contribution is -0.351. The van der Waals surface area contributed by atoms with Crippen molar-refractivity contribution in [1.82, 2.24) is 0 Å². The van der Waals surface area contributed by atoms with Crippen LogP contribution in [0.15, 0.2) is 5.11 Å². The summed E-state index contributed by atoms with van der Waals surface area (Å²) in [5.41, 5.74) is 8.04. The number of nitrogens with zero attached hydrogens (tertiary/aromatic N) is 3. The molecule has 17 heavy (non-hydrogen) atoms. The van der Waals surface area contributed by atoms with Crippen molar-refractivity contribution >= 4 is 0 Å². The molecule has 0 amide bonds. The van der Waals surface area contributed by atoms with E-state index in [2.05, 4.69) is 10.0 Å². The van der Waals surface area contributed by atoms with E-state index in [-0.39, 0.29) is 13.0 Å². The molecule has 1 aliphatic heterocycles. The number of ether oxygens (including phenoxy) is 1. The van der Waals surface area contributed by atoms with Crippen LogP contribution in [0.25, 0.3) is 10.4 Å². The molecular formula is C8H15N3O6. The van der Waals surface area contributed by atoms with Gasteiger partial charge in [0.2, 0.25) is 5.79 Å². The molecule has 0 unspecified atom stereocenters. The Kier molecular flexibility index (Phi) is 4.66. The number of aliphatic hydroxyl groups is 5. The highest BCUT2D eigenvalue weighted by molar-refractivity contribution is 4.95. The summed E-state index contributed by atoms with van der Waals surface area (Å²) in [4.78, 5) is 2.46. The molecule has 0 bridgehead atoms. The van der Waals surface area contributed by atoms with Crippen molar-refractivity contribution in [3.8, 4) is 0 Å². The largest absolute Gasteiger partial charge is 0.388 e. The summed E-state index contributed by atoms with van der Waals surface area (Å²) in [5, 5.41) is 50.7. The molecule has 0 aliphatic carbocycles. The molecule has 0 radical (unpaired) electrons. The van der Waals surface area contributed by atoms with E-state index in [0.717, 1.165) is 0 Å². The van der Waals surface area contributed by atoms with Crippen LogP contribution in [0, 0.1) is 0 Å². The van der Waals surface area contributed by atoms with E-state index in [1.807, 2.05) is 0 Å². The third-order valence-corrected chi connectivity index (χ3v) is 2.67. The molecule has 0 aromatic heterocycles.